The van der Waals surface area contributed by atoms with E-state index in [1.807, 2.05) is 0 Å². The van der Waals surface area contributed by atoms with Crippen molar-refractivity contribution < 1.29 is 19.4 Å². The number of rotatable bonds is 3. The molecular formula is C8H11BrO4. The molecule has 0 heterocycles. The third kappa shape index (κ3) is 4.67. The first-order chi connectivity index (χ1) is 5.78. The first-order valence-electron chi connectivity index (χ1n) is 3.51. The van der Waals surface area contributed by atoms with E-state index in [9.17, 15) is 9.59 Å². The molecule has 0 aliphatic carbocycles. The van der Waals surface area contributed by atoms with Gasteiger partial charge in [-0.2, -0.15) is 0 Å². The van der Waals surface area contributed by atoms with Crippen LogP contribution in [0.1, 0.15) is 13.8 Å². The van der Waals surface area contributed by atoms with Gasteiger partial charge in [-0.15, -0.1) is 0 Å². The van der Waals surface area contributed by atoms with Crippen molar-refractivity contribution in [2.45, 2.75) is 18.2 Å². The Morgan fingerprint density at radius 3 is 2.15 bits per heavy atom. The van der Waals surface area contributed by atoms with Crippen LogP contribution in [-0.2, 0) is 14.3 Å². The monoisotopic (exact) mass is 250 g/mol. The Kier molecular flexibility index (Phi) is 4.13. The molecule has 0 radical (unpaired) electrons. The van der Waals surface area contributed by atoms with Gasteiger partial charge in [0.2, 0.25) is 0 Å². The highest BCUT2D eigenvalue weighted by Gasteiger charge is 2.22. The Hall–Kier alpha value is -0.840. The van der Waals surface area contributed by atoms with Crippen LogP contribution in [0.25, 0.3) is 0 Å². The van der Waals surface area contributed by atoms with Crippen LogP contribution in [0.4, 0.5) is 0 Å². The van der Waals surface area contributed by atoms with Crippen LogP contribution in [0.5, 0.6) is 0 Å². The van der Waals surface area contributed by atoms with Gasteiger partial charge in [0, 0.05) is 4.32 Å². The third-order valence-electron chi connectivity index (χ3n) is 1.12. The van der Waals surface area contributed by atoms with Crippen molar-refractivity contribution in [3.05, 3.63) is 11.6 Å². The summed E-state index contributed by atoms with van der Waals surface area (Å²) >= 11 is 3.20. The highest BCUT2D eigenvalue weighted by Crippen LogP contribution is 2.20. The molecule has 0 aromatic carbocycles. The van der Waals surface area contributed by atoms with Gasteiger partial charge < -0.3 is 9.84 Å². The number of esters is 1. The minimum absolute atomic E-state index is 0.371. The number of halogens is 1. The zero-order valence-corrected chi connectivity index (χ0v) is 9.21. The fourth-order valence-corrected chi connectivity index (χ4v) is 0.890. The third-order valence-corrected chi connectivity index (χ3v) is 1.35. The van der Waals surface area contributed by atoms with Gasteiger partial charge in [0.05, 0.1) is 7.11 Å². The number of allylic oxidation sites excluding steroid dienone is 1. The maximum atomic E-state index is 10.9. The Morgan fingerprint density at radius 2 is 1.92 bits per heavy atom. The number of aliphatic carboxylic acids is 1. The number of alkyl halides is 1. The van der Waals surface area contributed by atoms with Crippen molar-refractivity contribution in [2.75, 3.05) is 7.11 Å². The first kappa shape index (κ1) is 12.2. The van der Waals surface area contributed by atoms with E-state index >= 15 is 0 Å². The van der Waals surface area contributed by atoms with Gasteiger partial charge in [0.25, 0.3) is 0 Å². The van der Waals surface area contributed by atoms with E-state index < -0.39 is 16.3 Å². The fourth-order valence-electron chi connectivity index (χ4n) is 0.661. The number of hydrogen-bond acceptors (Lipinski definition) is 3. The van der Waals surface area contributed by atoms with E-state index in [0.29, 0.717) is 0 Å². The molecular weight excluding hydrogens is 240 g/mol. The van der Waals surface area contributed by atoms with Crippen LogP contribution >= 0.6 is 15.9 Å². The van der Waals surface area contributed by atoms with Crippen molar-refractivity contribution in [3.63, 3.8) is 0 Å². The van der Waals surface area contributed by atoms with Gasteiger partial charge >= 0.3 is 11.9 Å². The molecule has 0 aliphatic rings. The van der Waals surface area contributed by atoms with Crippen molar-refractivity contribution in [1.29, 1.82) is 0 Å². The quantitative estimate of drug-likeness (QED) is 0.270. The fraction of sp³-hybridized carbons (Fsp3) is 0.500. The molecule has 0 saturated carbocycles. The molecule has 0 bridgehead atoms. The van der Waals surface area contributed by atoms with Crippen LogP contribution in [0.15, 0.2) is 11.6 Å². The molecule has 0 aromatic heterocycles. The van der Waals surface area contributed by atoms with Crippen LogP contribution < -0.4 is 0 Å². The molecule has 13 heavy (non-hydrogen) atoms. The van der Waals surface area contributed by atoms with E-state index in [2.05, 4.69) is 20.7 Å². The molecule has 0 amide bonds. The van der Waals surface area contributed by atoms with Gasteiger partial charge in [-0.1, -0.05) is 15.9 Å². The van der Waals surface area contributed by atoms with Crippen molar-refractivity contribution >= 4 is 27.9 Å². The van der Waals surface area contributed by atoms with Crippen LogP contribution in [0.2, 0.25) is 0 Å². The number of carboxylic acids is 1. The van der Waals surface area contributed by atoms with E-state index in [0.717, 1.165) is 7.11 Å². The molecule has 5 heteroatoms. The SMILES string of the molecule is COC(=O)/C(=C\C(C)(C)Br)C(=O)O. The van der Waals surface area contributed by atoms with E-state index in [-0.39, 0.29) is 5.57 Å². The number of carboxylic acid groups (broad SMARTS) is 1. The molecule has 0 atom stereocenters. The second-order valence-corrected chi connectivity index (χ2v) is 4.96. The molecule has 1 N–H and O–H groups in total. The number of carbonyl (C=O) groups is 2. The largest absolute Gasteiger partial charge is 0.477 e. The van der Waals surface area contributed by atoms with Crippen LogP contribution in [0, 0.1) is 0 Å². The summed E-state index contributed by atoms with van der Waals surface area (Å²) in [6, 6.07) is 0. The summed E-state index contributed by atoms with van der Waals surface area (Å²) in [5, 5.41) is 8.65. The zero-order valence-electron chi connectivity index (χ0n) is 7.63. The van der Waals surface area contributed by atoms with E-state index in [1.165, 1.54) is 6.08 Å². The predicted octanol–water partition coefficient (Wildman–Crippen LogP) is 1.34. The molecule has 0 spiro atoms. The topological polar surface area (TPSA) is 63.6 Å². The van der Waals surface area contributed by atoms with Crippen molar-refractivity contribution in [2.24, 2.45) is 0 Å². The van der Waals surface area contributed by atoms with E-state index in [1.54, 1.807) is 13.8 Å². The normalized spacial score (nSPS) is 12.5. The Bertz CT molecular complexity index is 249. The van der Waals surface area contributed by atoms with Gasteiger partial charge in [0.1, 0.15) is 5.57 Å². The number of carbonyl (C=O) groups excluding carboxylic acids is 1. The summed E-state index contributed by atoms with van der Waals surface area (Å²) in [5.74, 6) is -2.14. The summed E-state index contributed by atoms with van der Waals surface area (Å²) in [4.78, 5) is 21.5. The number of ether oxygens (including phenoxy) is 1. The maximum Gasteiger partial charge on any atom is 0.345 e. The lowest BCUT2D eigenvalue weighted by Crippen LogP contribution is -2.18. The molecule has 74 valence electrons. The predicted molar refractivity (Wildman–Crippen MR) is 50.7 cm³/mol. The molecule has 0 saturated heterocycles. The van der Waals surface area contributed by atoms with Gasteiger partial charge in [-0.05, 0) is 19.9 Å². The number of hydrogen-bond donors (Lipinski definition) is 1. The molecule has 0 unspecified atom stereocenters. The second kappa shape index (κ2) is 4.41. The molecule has 0 fully saturated rings. The lowest BCUT2D eigenvalue weighted by Gasteiger charge is -2.10. The minimum Gasteiger partial charge on any atom is -0.477 e. The number of methoxy groups -OCH3 is 1. The molecule has 4 nitrogen and oxygen atoms in total. The average Bonchev–Trinajstić information content (AvgIpc) is 1.96. The Balaban J connectivity index is 4.93. The maximum absolute atomic E-state index is 10.9. The minimum atomic E-state index is -1.29. The lowest BCUT2D eigenvalue weighted by atomic mass is 10.1. The van der Waals surface area contributed by atoms with Gasteiger partial charge in [-0.25, -0.2) is 9.59 Å². The zero-order chi connectivity index (χ0) is 10.6. The van der Waals surface area contributed by atoms with Crippen LogP contribution in [0.3, 0.4) is 0 Å². The first-order valence-corrected chi connectivity index (χ1v) is 4.30. The highest BCUT2D eigenvalue weighted by atomic mass is 79.9. The van der Waals surface area contributed by atoms with Crippen LogP contribution in [-0.4, -0.2) is 28.5 Å². The Morgan fingerprint density at radius 1 is 1.46 bits per heavy atom. The summed E-state index contributed by atoms with van der Waals surface area (Å²) in [6.07, 6.45) is 1.29. The average molecular weight is 251 g/mol. The van der Waals surface area contributed by atoms with Crippen molar-refractivity contribution in [1.82, 2.24) is 0 Å². The smallest absolute Gasteiger partial charge is 0.345 e. The Labute approximate surface area is 84.7 Å². The van der Waals surface area contributed by atoms with E-state index in [4.69, 9.17) is 5.11 Å². The highest BCUT2D eigenvalue weighted by molar-refractivity contribution is 9.10. The summed E-state index contributed by atoms with van der Waals surface area (Å²) in [5.41, 5.74) is -0.371. The summed E-state index contributed by atoms with van der Waals surface area (Å²) in [7, 11) is 1.14. The summed E-state index contributed by atoms with van der Waals surface area (Å²) in [6.45, 7) is 3.44. The second-order valence-electron chi connectivity index (χ2n) is 2.92. The van der Waals surface area contributed by atoms with Gasteiger partial charge in [-0.3, -0.25) is 0 Å². The standard InChI is InChI=1S/C8H11BrO4/c1-8(2,9)4-5(6(10)11)7(12)13-3/h4H,1-3H3,(H,10,11)/b5-4-. The molecule has 0 rings (SSSR count). The summed E-state index contributed by atoms with van der Waals surface area (Å²) < 4.78 is 3.76. The molecule has 0 aromatic rings. The lowest BCUT2D eigenvalue weighted by molar-refractivity contribution is -0.142. The molecule has 0 aliphatic heterocycles. The van der Waals surface area contributed by atoms with Crippen molar-refractivity contribution in [3.8, 4) is 0 Å². The van der Waals surface area contributed by atoms with Gasteiger partial charge in [0.15, 0.2) is 0 Å².